The van der Waals surface area contributed by atoms with Gasteiger partial charge in [-0.05, 0) is 56.4 Å². The molecule has 0 aliphatic heterocycles. The van der Waals surface area contributed by atoms with Gasteiger partial charge in [-0.25, -0.2) is 4.79 Å². The second kappa shape index (κ2) is 10.1. The summed E-state index contributed by atoms with van der Waals surface area (Å²) < 4.78 is 4.72. The number of methoxy groups -OCH3 is 1. The molecule has 0 bridgehead atoms. The van der Waals surface area contributed by atoms with E-state index in [0.29, 0.717) is 27.9 Å². The van der Waals surface area contributed by atoms with Crippen LogP contribution in [0.2, 0.25) is 5.02 Å². The van der Waals surface area contributed by atoms with Crippen LogP contribution in [0.15, 0.2) is 42.5 Å². The third kappa shape index (κ3) is 6.12. The largest absolute Gasteiger partial charge is 0.465 e. The van der Waals surface area contributed by atoms with Gasteiger partial charge >= 0.3 is 5.97 Å². The van der Waals surface area contributed by atoms with Crippen LogP contribution in [0.5, 0.6) is 0 Å². The Morgan fingerprint density at radius 1 is 1.22 bits per heavy atom. The molecule has 27 heavy (non-hydrogen) atoms. The minimum Gasteiger partial charge on any atom is -0.465 e. The van der Waals surface area contributed by atoms with Crippen LogP contribution in [-0.4, -0.2) is 37.8 Å². The molecule has 0 aliphatic carbocycles. The Hall–Kier alpha value is -2.31. The van der Waals surface area contributed by atoms with E-state index in [2.05, 4.69) is 53.6 Å². The fraction of sp³-hybridized carbons (Fsp3) is 0.300. The second-order valence-electron chi connectivity index (χ2n) is 5.98. The number of carbonyl (C=O) groups excluding carboxylic acids is 1. The van der Waals surface area contributed by atoms with Gasteiger partial charge in [0.25, 0.3) is 0 Å². The maximum atomic E-state index is 11.7. The molecule has 0 aliphatic rings. The molecule has 5 nitrogen and oxygen atoms in total. The molecule has 7 heteroatoms. The van der Waals surface area contributed by atoms with Crippen LogP contribution in [0.3, 0.4) is 0 Å². The third-order valence-electron chi connectivity index (χ3n) is 4.08. The average molecular weight is 406 g/mol. The Bertz CT molecular complexity index is 796. The van der Waals surface area contributed by atoms with E-state index in [4.69, 9.17) is 28.6 Å². The van der Waals surface area contributed by atoms with Crippen molar-refractivity contribution in [3.05, 3.63) is 58.6 Å². The fourth-order valence-corrected chi connectivity index (χ4v) is 2.99. The molecule has 0 saturated heterocycles. The molecule has 0 atom stereocenters. The summed E-state index contributed by atoms with van der Waals surface area (Å²) in [5.41, 5.74) is 3.39. The molecule has 0 saturated carbocycles. The highest BCUT2D eigenvalue weighted by atomic mass is 35.5. The van der Waals surface area contributed by atoms with E-state index >= 15 is 0 Å². The number of anilines is 2. The standard InChI is InChI=1S/C20H24ClN3O2S/c1-4-24(16-8-5-14(2)6-9-16)12-11-22-20(27)23-15-7-10-18(21)17(13-15)19(25)26-3/h5-10,13H,4,11-12H2,1-3H3,(H2,22,23,27). The number of rotatable bonds is 7. The summed E-state index contributed by atoms with van der Waals surface area (Å²) in [6.07, 6.45) is 0. The summed E-state index contributed by atoms with van der Waals surface area (Å²) in [5, 5.41) is 7.06. The van der Waals surface area contributed by atoms with Gasteiger partial charge < -0.3 is 20.3 Å². The Labute approximate surface area is 170 Å². The van der Waals surface area contributed by atoms with Gasteiger partial charge in [0, 0.05) is 31.0 Å². The Morgan fingerprint density at radius 3 is 2.56 bits per heavy atom. The highest BCUT2D eigenvalue weighted by Crippen LogP contribution is 2.21. The van der Waals surface area contributed by atoms with Gasteiger partial charge in [-0.1, -0.05) is 29.3 Å². The van der Waals surface area contributed by atoms with Crippen LogP contribution in [0, 0.1) is 6.92 Å². The molecule has 2 aromatic rings. The number of likely N-dealkylation sites (N-methyl/N-ethyl adjacent to an activating group) is 1. The predicted molar refractivity (Wildman–Crippen MR) is 116 cm³/mol. The Kier molecular flexibility index (Phi) is 7.88. The summed E-state index contributed by atoms with van der Waals surface area (Å²) in [4.78, 5) is 14.0. The topological polar surface area (TPSA) is 53.6 Å². The van der Waals surface area contributed by atoms with E-state index in [1.54, 1.807) is 18.2 Å². The zero-order valence-corrected chi connectivity index (χ0v) is 17.3. The van der Waals surface area contributed by atoms with E-state index in [1.807, 2.05) is 0 Å². The number of nitrogens with zero attached hydrogens (tertiary/aromatic N) is 1. The minimum atomic E-state index is -0.487. The first-order valence-electron chi connectivity index (χ1n) is 8.69. The molecule has 0 radical (unpaired) electrons. The van der Waals surface area contributed by atoms with Crippen LogP contribution in [0.25, 0.3) is 0 Å². The van der Waals surface area contributed by atoms with E-state index < -0.39 is 5.97 Å². The van der Waals surface area contributed by atoms with Gasteiger partial charge in [0.05, 0.1) is 17.7 Å². The van der Waals surface area contributed by atoms with Gasteiger partial charge in [0.15, 0.2) is 5.11 Å². The maximum absolute atomic E-state index is 11.7. The molecule has 2 N–H and O–H groups in total. The first-order valence-corrected chi connectivity index (χ1v) is 9.47. The summed E-state index contributed by atoms with van der Waals surface area (Å²) in [6, 6.07) is 13.5. The SMILES string of the molecule is CCN(CCNC(=S)Nc1ccc(Cl)c(C(=O)OC)c1)c1ccc(C)cc1. The first kappa shape index (κ1) is 21.0. The van der Waals surface area contributed by atoms with Crippen molar-refractivity contribution in [2.24, 2.45) is 0 Å². The molecule has 0 unspecified atom stereocenters. The molecule has 2 aromatic carbocycles. The van der Waals surface area contributed by atoms with Crippen molar-refractivity contribution in [1.29, 1.82) is 0 Å². The third-order valence-corrected chi connectivity index (χ3v) is 4.65. The molecule has 0 heterocycles. The maximum Gasteiger partial charge on any atom is 0.339 e. The van der Waals surface area contributed by atoms with Crippen molar-refractivity contribution < 1.29 is 9.53 Å². The normalized spacial score (nSPS) is 10.2. The molecule has 144 valence electrons. The van der Waals surface area contributed by atoms with E-state index in [1.165, 1.54) is 18.4 Å². The number of carbonyl (C=O) groups is 1. The quantitative estimate of drug-likeness (QED) is 0.530. The summed E-state index contributed by atoms with van der Waals surface area (Å²) in [7, 11) is 1.32. The van der Waals surface area contributed by atoms with Gasteiger partial charge in [-0.3, -0.25) is 0 Å². The van der Waals surface area contributed by atoms with Gasteiger partial charge in [0.2, 0.25) is 0 Å². The van der Waals surface area contributed by atoms with Gasteiger partial charge in [-0.2, -0.15) is 0 Å². The monoisotopic (exact) mass is 405 g/mol. The van der Waals surface area contributed by atoms with Crippen molar-refractivity contribution in [3.8, 4) is 0 Å². The average Bonchev–Trinajstić information content (AvgIpc) is 2.67. The Morgan fingerprint density at radius 2 is 1.93 bits per heavy atom. The van der Waals surface area contributed by atoms with Gasteiger partial charge in [-0.15, -0.1) is 0 Å². The van der Waals surface area contributed by atoms with Crippen LogP contribution in [0.4, 0.5) is 11.4 Å². The Balaban J connectivity index is 1.88. The summed E-state index contributed by atoms with van der Waals surface area (Å²) >= 11 is 11.4. The number of hydrogen-bond acceptors (Lipinski definition) is 4. The molecule has 2 rings (SSSR count). The van der Waals surface area contributed by atoms with Crippen molar-refractivity contribution in [2.75, 3.05) is 37.0 Å². The predicted octanol–water partition coefficient (Wildman–Crippen LogP) is 4.25. The number of hydrogen-bond donors (Lipinski definition) is 2. The lowest BCUT2D eigenvalue weighted by Gasteiger charge is -2.24. The number of aryl methyl sites for hydroxylation is 1. The number of halogens is 1. The van der Waals surface area contributed by atoms with Gasteiger partial charge in [0.1, 0.15) is 0 Å². The number of esters is 1. The van der Waals surface area contributed by atoms with Crippen molar-refractivity contribution >= 4 is 46.3 Å². The summed E-state index contributed by atoms with van der Waals surface area (Å²) in [6.45, 7) is 6.61. The highest BCUT2D eigenvalue weighted by molar-refractivity contribution is 7.80. The molecular formula is C20H24ClN3O2S. The van der Waals surface area contributed by atoms with Crippen molar-refractivity contribution in [2.45, 2.75) is 13.8 Å². The zero-order valence-electron chi connectivity index (χ0n) is 15.7. The van der Waals surface area contributed by atoms with E-state index in [9.17, 15) is 4.79 Å². The number of benzene rings is 2. The number of ether oxygens (including phenoxy) is 1. The molecular weight excluding hydrogens is 382 g/mol. The lowest BCUT2D eigenvalue weighted by molar-refractivity contribution is 0.0601. The molecule has 0 spiro atoms. The molecule has 0 fully saturated rings. The van der Waals surface area contributed by atoms with Crippen LogP contribution in [0.1, 0.15) is 22.8 Å². The second-order valence-corrected chi connectivity index (χ2v) is 6.80. The highest BCUT2D eigenvalue weighted by Gasteiger charge is 2.12. The van der Waals surface area contributed by atoms with E-state index in [0.717, 1.165) is 13.1 Å². The van der Waals surface area contributed by atoms with Crippen LogP contribution in [-0.2, 0) is 4.74 Å². The number of nitrogens with one attached hydrogen (secondary N) is 2. The smallest absolute Gasteiger partial charge is 0.339 e. The lowest BCUT2D eigenvalue weighted by atomic mass is 10.2. The minimum absolute atomic E-state index is 0.295. The summed E-state index contributed by atoms with van der Waals surface area (Å²) in [5.74, 6) is -0.487. The van der Waals surface area contributed by atoms with Crippen LogP contribution < -0.4 is 15.5 Å². The number of thiocarbonyl (C=S) groups is 1. The van der Waals surface area contributed by atoms with Crippen molar-refractivity contribution in [1.82, 2.24) is 5.32 Å². The fourth-order valence-electron chi connectivity index (χ4n) is 2.57. The van der Waals surface area contributed by atoms with Crippen LogP contribution >= 0.6 is 23.8 Å². The first-order chi connectivity index (χ1) is 12.9. The molecule has 0 aromatic heterocycles. The zero-order chi connectivity index (χ0) is 19.8. The van der Waals surface area contributed by atoms with E-state index in [-0.39, 0.29) is 0 Å². The molecule has 0 amide bonds. The lowest BCUT2D eigenvalue weighted by Crippen LogP contribution is -2.36. The van der Waals surface area contributed by atoms with Crippen molar-refractivity contribution in [3.63, 3.8) is 0 Å².